The number of methoxy groups -OCH3 is 1. The molecule has 0 amide bonds. The van der Waals surface area contributed by atoms with E-state index >= 15 is 0 Å². The molecule has 1 unspecified atom stereocenters. The van der Waals surface area contributed by atoms with E-state index < -0.39 is 17.7 Å². The molecular formula is C20H23FO3. The summed E-state index contributed by atoms with van der Waals surface area (Å²) in [6, 6.07) is 11.7. The van der Waals surface area contributed by atoms with Gasteiger partial charge in [-0.15, -0.1) is 0 Å². The van der Waals surface area contributed by atoms with E-state index in [1.807, 2.05) is 24.3 Å². The molecule has 0 bridgehead atoms. The van der Waals surface area contributed by atoms with Crippen molar-refractivity contribution in [1.29, 1.82) is 0 Å². The van der Waals surface area contributed by atoms with Gasteiger partial charge in [0.25, 0.3) is 0 Å². The lowest BCUT2D eigenvalue weighted by Crippen LogP contribution is -2.16. The zero-order valence-electron chi connectivity index (χ0n) is 14.5. The number of carbonyl (C=O) groups is 1. The highest BCUT2D eigenvalue weighted by molar-refractivity contribution is 5.76. The summed E-state index contributed by atoms with van der Waals surface area (Å²) in [7, 11) is 1.49. The molecule has 2 aromatic rings. The molecule has 4 heteroatoms. The third-order valence-corrected chi connectivity index (χ3v) is 4.14. The second kappa shape index (κ2) is 7.04. The van der Waals surface area contributed by atoms with Gasteiger partial charge >= 0.3 is 5.97 Å². The molecular weight excluding hydrogens is 307 g/mol. The van der Waals surface area contributed by atoms with Crippen LogP contribution in [0.25, 0.3) is 0 Å². The van der Waals surface area contributed by atoms with Crippen LogP contribution in [0.2, 0.25) is 0 Å². The Hall–Kier alpha value is -2.36. The molecule has 0 saturated carbocycles. The van der Waals surface area contributed by atoms with Gasteiger partial charge in [-0.2, -0.15) is 0 Å². The molecule has 0 aromatic heterocycles. The van der Waals surface area contributed by atoms with Crippen LogP contribution in [0.1, 0.15) is 43.4 Å². The zero-order valence-corrected chi connectivity index (χ0v) is 14.5. The first-order chi connectivity index (χ1) is 11.2. The van der Waals surface area contributed by atoms with E-state index in [0.717, 1.165) is 5.56 Å². The fourth-order valence-electron chi connectivity index (χ4n) is 2.69. The maximum absolute atomic E-state index is 13.5. The standard InChI is InChI=1S/C20H23FO3/c1-20(2,3)15-7-5-13(6-8-15)17(19(22)23)12-14-11-16(21)9-10-18(14)24-4/h5-11,17H,12H2,1-4H3,(H,22,23). The second-order valence-electron chi connectivity index (χ2n) is 6.92. The molecule has 0 radical (unpaired) electrons. The van der Waals surface area contributed by atoms with E-state index in [0.29, 0.717) is 16.9 Å². The van der Waals surface area contributed by atoms with Crippen LogP contribution in [0, 0.1) is 5.82 Å². The van der Waals surface area contributed by atoms with Crippen molar-refractivity contribution in [1.82, 2.24) is 0 Å². The molecule has 1 N–H and O–H groups in total. The maximum Gasteiger partial charge on any atom is 0.311 e. The summed E-state index contributed by atoms with van der Waals surface area (Å²) in [6.45, 7) is 6.32. The van der Waals surface area contributed by atoms with E-state index in [1.54, 1.807) is 0 Å². The number of benzene rings is 2. The van der Waals surface area contributed by atoms with Crippen molar-refractivity contribution in [3.63, 3.8) is 0 Å². The van der Waals surface area contributed by atoms with Crippen molar-refractivity contribution in [2.24, 2.45) is 0 Å². The Morgan fingerprint density at radius 2 is 1.79 bits per heavy atom. The monoisotopic (exact) mass is 330 g/mol. The van der Waals surface area contributed by atoms with Crippen molar-refractivity contribution < 1.29 is 19.0 Å². The van der Waals surface area contributed by atoms with Crippen molar-refractivity contribution in [2.75, 3.05) is 7.11 Å². The van der Waals surface area contributed by atoms with Gasteiger partial charge in [-0.3, -0.25) is 4.79 Å². The predicted molar refractivity (Wildman–Crippen MR) is 92.2 cm³/mol. The number of ether oxygens (including phenoxy) is 1. The summed E-state index contributed by atoms with van der Waals surface area (Å²) in [5, 5.41) is 9.62. The molecule has 2 rings (SSSR count). The fourth-order valence-corrected chi connectivity index (χ4v) is 2.69. The Balaban J connectivity index is 2.34. The van der Waals surface area contributed by atoms with Crippen LogP contribution in [0.4, 0.5) is 4.39 Å². The van der Waals surface area contributed by atoms with Gasteiger partial charge in [0.15, 0.2) is 0 Å². The number of carboxylic acid groups (broad SMARTS) is 1. The van der Waals surface area contributed by atoms with Gasteiger partial charge in [-0.25, -0.2) is 4.39 Å². The molecule has 0 spiro atoms. The fraction of sp³-hybridized carbons (Fsp3) is 0.350. The molecule has 0 aliphatic rings. The van der Waals surface area contributed by atoms with E-state index in [4.69, 9.17) is 4.74 Å². The highest BCUT2D eigenvalue weighted by Gasteiger charge is 2.23. The summed E-state index contributed by atoms with van der Waals surface area (Å²) in [5.74, 6) is -1.61. The average molecular weight is 330 g/mol. The van der Waals surface area contributed by atoms with Gasteiger partial charge in [0, 0.05) is 0 Å². The molecule has 0 heterocycles. The van der Waals surface area contributed by atoms with Gasteiger partial charge < -0.3 is 9.84 Å². The number of carboxylic acids is 1. The topological polar surface area (TPSA) is 46.5 Å². The normalized spacial score (nSPS) is 12.7. The van der Waals surface area contributed by atoms with Crippen LogP contribution >= 0.6 is 0 Å². The summed E-state index contributed by atoms with van der Waals surface area (Å²) >= 11 is 0. The Labute approximate surface area is 142 Å². The summed E-state index contributed by atoms with van der Waals surface area (Å²) in [4.78, 5) is 11.7. The molecule has 0 fully saturated rings. The Bertz CT molecular complexity index is 715. The molecule has 0 saturated heterocycles. The molecule has 2 aromatic carbocycles. The molecule has 3 nitrogen and oxygen atoms in total. The SMILES string of the molecule is COc1ccc(F)cc1CC(C(=O)O)c1ccc(C(C)(C)C)cc1. The first-order valence-electron chi connectivity index (χ1n) is 7.88. The number of halogens is 1. The molecule has 128 valence electrons. The van der Waals surface area contributed by atoms with Gasteiger partial charge in [-0.05, 0) is 46.7 Å². The van der Waals surface area contributed by atoms with E-state index in [-0.39, 0.29) is 11.8 Å². The lowest BCUT2D eigenvalue weighted by Gasteiger charge is -2.20. The largest absolute Gasteiger partial charge is 0.496 e. The maximum atomic E-state index is 13.5. The summed E-state index contributed by atoms with van der Waals surface area (Å²) in [5.41, 5.74) is 2.38. The second-order valence-corrected chi connectivity index (χ2v) is 6.92. The smallest absolute Gasteiger partial charge is 0.311 e. The number of hydrogen-bond donors (Lipinski definition) is 1. The molecule has 24 heavy (non-hydrogen) atoms. The molecule has 1 atom stereocenters. The van der Waals surface area contributed by atoms with E-state index in [1.165, 1.54) is 25.3 Å². The predicted octanol–water partition coefficient (Wildman–Crippen LogP) is 4.54. The van der Waals surface area contributed by atoms with Crippen molar-refractivity contribution >= 4 is 5.97 Å². The summed E-state index contributed by atoms with van der Waals surface area (Å²) in [6.07, 6.45) is 0.172. The van der Waals surface area contributed by atoms with E-state index in [2.05, 4.69) is 20.8 Å². The minimum atomic E-state index is -0.940. The summed E-state index contributed by atoms with van der Waals surface area (Å²) < 4.78 is 18.7. The van der Waals surface area contributed by atoms with Gasteiger partial charge in [-0.1, -0.05) is 45.0 Å². The average Bonchev–Trinajstić information content (AvgIpc) is 2.52. The van der Waals surface area contributed by atoms with Crippen molar-refractivity contribution in [3.8, 4) is 5.75 Å². The van der Waals surface area contributed by atoms with Crippen LogP contribution in [-0.4, -0.2) is 18.2 Å². The quantitative estimate of drug-likeness (QED) is 0.875. The first-order valence-corrected chi connectivity index (χ1v) is 7.88. The number of aliphatic carboxylic acids is 1. The highest BCUT2D eigenvalue weighted by atomic mass is 19.1. The van der Waals surface area contributed by atoms with Crippen LogP contribution in [0.15, 0.2) is 42.5 Å². The van der Waals surface area contributed by atoms with Crippen molar-refractivity contribution in [3.05, 3.63) is 65.0 Å². The van der Waals surface area contributed by atoms with E-state index in [9.17, 15) is 14.3 Å². The van der Waals surface area contributed by atoms with Gasteiger partial charge in [0.2, 0.25) is 0 Å². The van der Waals surface area contributed by atoms with Gasteiger partial charge in [0.05, 0.1) is 13.0 Å². The Morgan fingerprint density at radius 1 is 1.17 bits per heavy atom. The van der Waals surface area contributed by atoms with Crippen LogP contribution in [0.3, 0.4) is 0 Å². The van der Waals surface area contributed by atoms with Crippen LogP contribution in [-0.2, 0) is 16.6 Å². The number of hydrogen-bond acceptors (Lipinski definition) is 2. The molecule has 0 aliphatic carbocycles. The lowest BCUT2D eigenvalue weighted by atomic mass is 9.84. The molecule has 0 aliphatic heterocycles. The highest BCUT2D eigenvalue weighted by Crippen LogP contribution is 2.29. The number of rotatable bonds is 5. The third-order valence-electron chi connectivity index (χ3n) is 4.14. The van der Waals surface area contributed by atoms with Crippen LogP contribution < -0.4 is 4.74 Å². The van der Waals surface area contributed by atoms with Crippen LogP contribution in [0.5, 0.6) is 5.75 Å². The van der Waals surface area contributed by atoms with Crippen molar-refractivity contribution in [2.45, 2.75) is 38.5 Å². The lowest BCUT2D eigenvalue weighted by molar-refractivity contribution is -0.138. The Morgan fingerprint density at radius 3 is 2.29 bits per heavy atom. The van der Waals surface area contributed by atoms with Gasteiger partial charge in [0.1, 0.15) is 11.6 Å². The Kier molecular flexibility index (Phi) is 5.27. The first kappa shape index (κ1) is 18.0. The zero-order chi connectivity index (χ0) is 17.9. The minimum Gasteiger partial charge on any atom is -0.496 e. The minimum absolute atomic E-state index is 0.00301. The third kappa shape index (κ3) is 4.13.